The lowest BCUT2D eigenvalue weighted by atomic mass is 10.3. The van der Waals surface area contributed by atoms with Crippen molar-refractivity contribution in [2.75, 3.05) is 11.5 Å². The van der Waals surface area contributed by atoms with Gasteiger partial charge in [-0.2, -0.15) is 0 Å². The fraction of sp³-hybridized carbons (Fsp3) is 0. The lowest BCUT2D eigenvalue weighted by molar-refractivity contribution is 1.27. The maximum Gasteiger partial charge on any atom is 0.101 e. The third-order valence-electron chi connectivity index (χ3n) is 4.98. The van der Waals surface area contributed by atoms with E-state index in [9.17, 15) is 0 Å². The summed E-state index contributed by atoms with van der Waals surface area (Å²) >= 11 is 0. The van der Waals surface area contributed by atoms with E-state index in [1.807, 2.05) is 36.4 Å². The van der Waals surface area contributed by atoms with Crippen molar-refractivity contribution in [1.82, 2.24) is 19.9 Å². The van der Waals surface area contributed by atoms with Gasteiger partial charge in [-0.05, 0) is 48.5 Å². The van der Waals surface area contributed by atoms with E-state index in [1.165, 1.54) is 0 Å². The minimum Gasteiger partial charge on any atom is -0.395 e. The Kier molecular flexibility index (Phi) is 3.23. The van der Waals surface area contributed by atoms with Crippen LogP contribution in [0.2, 0.25) is 0 Å². The largest absolute Gasteiger partial charge is 0.395 e. The van der Waals surface area contributed by atoms with Crippen LogP contribution >= 0.6 is 0 Å². The molecule has 8 heteroatoms. The van der Waals surface area contributed by atoms with E-state index in [2.05, 4.69) is 19.9 Å². The van der Waals surface area contributed by atoms with E-state index < -0.39 is 0 Å². The molecule has 0 saturated heterocycles. The molecule has 5 rings (SSSR count). The second kappa shape index (κ2) is 5.65. The Labute approximate surface area is 157 Å². The van der Waals surface area contributed by atoms with Crippen LogP contribution in [0, 0.1) is 10.8 Å². The van der Waals surface area contributed by atoms with Gasteiger partial charge in [-0.3, -0.25) is 10.8 Å². The minimum atomic E-state index is 0.294. The Bertz CT molecular complexity index is 1460. The van der Waals surface area contributed by atoms with Gasteiger partial charge >= 0.3 is 0 Å². The monoisotopic (exact) mass is 370 g/mol. The Morgan fingerprint density at radius 2 is 0.643 bits per heavy atom. The Balaban J connectivity index is 2.04. The smallest absolute Gasteiger partial charge is 0.101 e. The summed E-state index contributed by atoms with van der Waals surface area (Å²) in [5.41, 5.74) is 19.1. The van der Waals surface area contributed by atoms with E-state index in [-0.39, 0.29) is 0 Å². The highest BCUT2D eigenvalue weighted by Crippen LogP contribution is 2.22. The number of aromatic nitrogens is 4. The van der Waals surface area contributed by atoms with Gasteiger partial charge in [-0.15, -0.1) is 0 Å². The van der Waals surface area contributed by atoms with Crippen LogP contribution in [0.25, 0.3) is 44.1 Å². The van der Waals surface area contributed by atoms with Gasteiger partial charge in [0.15, 0.2) is 0 Å². The van der Waals surface area contributed by atoms with E-state index in [0.29, 0.717) is 55.2 Å². The lowest BCUT2D eigenvalue weighted by Gasteiger charge is -1.94. The van der Waals surface area contributed by atoms with Crippen molar-refractivity contribution in [3.8, 4) is 0 Å². The van der Waals surface area contributed by atoms with Gasteiger partial charge in [-0.25, -0.2) is 0 Å². The molecule has 0 unspecified atom stereocenters. The summed E-state index contributed by atoms with van der Waals surface area (Å²) in [7, 11) is 0. The molecule has 5 heterocycles. The van der Waals surface area contributed by atoms with Crippen molar-refractivity contribution in [3.05, 3.63) is 59.2 Å². The van der Waals surface area contributed by atoms with Crippen LogP contribution in [0.15, 0.2) is 48.5 Å². The van der Waals surface area contributed by atoms with Gasteiger partial charge in [0.1, 0.15) is 10.7 Å². The first-order chi connectivity index (χ1) is 13.5. The molecule has 8 bridgehead atoms. The summed E-state index contributed by atoms with van der Waals surface area (Å²) in [4.78, 5) is 12.8. The van der Waals surface area contributed by atoms with Crippen molar-refractivity contribution in [3.63, 3.8) is 0 Å². The molecule has 10 N–H and O–H groups in total. The zero-order valence-electron chi connectivity index (χ0n) is 14.8. The molecule has 0 aliphatic rings. The number of H-pyrrole nitrogens is 4. The van der Waals surface area contributed by atoms with E-state index in [1.54, 1.807) is 12.1 Å². The third kappa shape index (κ3) is 2.32. The summed E-state index contributed by atoms with van der Waals surface area (Å²) in [5.74, 6) is 0. The maximum absolute atomic E-state index is 8.48. The predicted octanol–water partition coefficient (Wildman–Crippen LogP) is 2.86. The third-order valence-corrected chi connectivity index (χ3v) is 4.98. The first-order valence-electron chi connectivity index (χ1n) is 8.72. The number of nitrogens with one attached hydrogen (secondary N) is 6. The molecule has 0 aliphatic carbocycles. The van der Waals surface area contributed by atoms with Crippen LogP contribution in [0.3, 0.4) is 0 Å². The van der Waals surface area contributed by atoms with Gasteiger partial charge in [-0.1, -0.05) is 0 Å². The molecule has 0 fully saturated rings. The van der Waals surface area contributed by atoms with Crippen molar-refractivity contribution in [1.29, 1.82) is 10.8 Å². The number of anilines is 2. The predicted molar refractivity (Wildman–Crippen MR) is 112 cm³/mol. The minimum absolute atomic E-state index is 0.294. The number of aromatic amines is 4. The summed E-state index contributed by atoms with van der Waals surface area (Å²) in [6.07, 6.45) is 0. The Morgan fingerprint density at radius 3 is 0.964 bits per heavy atom. The number of hydrogen-bond donors (Lipinski definition) is 8. The fourth-order valence-electron chi connectivity index (χ4n) is 3.37. The number of nitrogen functional groups attached to an aromatic ring is 2. The van der Waals surface area contributed by atoms with Crippen molar-refractivity contribution >= 4 is 55.5 Å². The second-order valence-corrected chi connectivity index (χ2v) is 6.72. The summed E-state index contributed by atoms with van der Waals surface area (Å²) < 4.78 is 0. The summed E-state index contributed by atoms with van der Waals surface area (Å²) in [6, 6.07) is 14.6. The first kappa shape index (κ1) is 16.0. The molecule has 0 aromatic carbocycles. The van der Waals surface area contributed by atoms with Crippen LogP contribution in [0.4, 0.5) is 11.4 Å². The molecule has 138 valence electrons. The van der Waals surface area contributed by atoms with E-state index in [0.717, 1.165) is 11.0 Å². The van der Waals surface area contributed by atoms with Crippen molar-refractivity contribution in [2.45, 2.75) is 0 Å². The molecule has 0 saturated carbocycles. The molecule has 5 aromatic rings. The quantitative estimate of drug-likeness (QED) is 0.210. The lowest BCUT2D eigenvalue weighted by Crippen LogP contribution is -2.02. The molecule has 5 aromatic heterocycles. The summed E-state index contributed by atoms with van der Waals surface area (Å²) in [5, 5.41) is 17.5. The zero-order chi connectivity index (χ0) is 19.4. The number of nitrogens with two attached hydrogens (primary N) is 2. The average Bonchev–Trinajstić information content (AvgIpc) is 3.49. The topological polar surface area (TPSA) is 163 Å². The van der Waals surface area contributed by atoms with Gasteiger partial charge in [0.2, 0.25) is 0 Å². The molecular weight excluding hydrogens is 352 g/mol. The molecule has 0 spiro atoms. The highest BCUT2D eigenvalue weighted by molar-refractivity contribution is 5.91. The van der Waals surface area contributed by atoms with E-state index >= 15 is 0 Å². The molecule has 28 heavy (non-hydrogen) atoms. The molecule has 0 aliphatic heterocycles. The average molecular weight is 370 g/mol. The Morgan fingerprint density at radius 1 is 0.429 bits per heavy atom. The fourth-order valence-corrected chi connectivity index (χ4v) is 3.37. The highest BCUT2D eigenvalue weighted by atomic mass is 14.8. The molecule has 0 amide bonds. The van der Waals surface area contributed by atoms with Gasteiger partial charge in [0.05, 0.1) is 55.5 Å². The number of hydrogen-bond acceptors (Lipinski definition) is 4. The molecule has 0 atom stereocenters. The van der Waals surface area contributed by atoms with Crippen LogP contribution in [0.5, 0.6) is 0 Å². The van der Waals surface area contributed by atoms with Crippen LogP contribution in [-0.2, 0) is 0 Å². The molecule has 8 nitrogen and oxygen atoms in total. The second-order valence-electron chi connectivity index (χ2n) is 6.72. The highest BCUT2D eigenvalue weighted by Gasteiger charge is 2.03. The molecule has 0 radical (unpaired) electrons. The normalized spacial score (nSPS) is 11.4. The number of rotatable bonds is 0. The van der Waals surface area contributed by atoms with Crippen LogP contribution in [-0.4, -0.2) is 19.9 Å². The summed E-state index contributed by atoms with van der Waals surface area (Å²) in [6.45, 7) is 0. The Hall–Kier alpha value is -4.20. The van der Waals surface area contributed by atoms with Crippen LogP contribution < -0.4 is 22.2 Å². The van der Waals surface area contributed by atoms with Crippen LogP contribution in [0.1, 0.15) is 0 Å². The zero-order valence-corrected chi connectivity index (χ0v) is 14.8. The SMILES string of the molecule is N=c1c2ccc([nH]2)c(N)c2ccc([nH]2)c(N)c2ccc([nH]2)c(=N)c2ccc1[nH]2. The van der Waals surface area contributed by atoms with Gasteiger partial charge < -0.3 is 31.4 Å². The standard InChI is InChI=1S/C20H18N8/c21-17-9-1-2-10(25-9)18(22)12-5-6-14(27-12)20(24)16-8-7-15(28-16)19(23)13-4-3-11(17)26-13/h1-8,21-22,25-28H,23-24H2. The first-order valence-corrected chi connectivity index (χ1v) is 8.72. The van der Waals surface area contributed by atoms with Crippen molar-refractivity contribution < 1.29 is 0 Å². The molecular formula is C20H18N8. The number of fused-ring (bicyclic) bond motifs is 8. The van der Waals surface area contributed by atoms with E-state index in [4.69, 9.17) is 22.3 Å². The van der Waals surface area contributed by atoms with Crippen molar-refractivity contribution in [2.24, 2.45) is 0 Å². The van der Waals surface area contributed by atoms with Gasteiger partial charge in [0, 0.05) is 0 Å². The van der Waals surface area contributed by atoms with Gasteiger partial charge in [0.25, 0.3) is 0 Å². The maximum atomic E-state index is 8.48.